The minimum absolute atomic E-state index is 0.0563. The maximum Gasteiger partial charge on any atom is 0.166 e. The van der Waals surface area contributed by atoms with Crippen LogP contribution in [0, 0.1) is 11.6 Å². The van der Waals surface area contributed by atoms with Gasteiger partial charge >= 0.3 is 0 Å². The molecule has 1 heterocycles. The number of halogens is 4. The van der Waals surface area contributed by atoms with Crippen LogP contribution in [0.3, 0.4) is 0 Å². The van der Waals surface area contributed by atoms with Gasteiger partial charge in [0.1, 0.15) is 35.7 Å². The molecule has 6 nitrogen and oxygen atoms in total. The third kappa shape index (κ3) is 5.19. The lowest BCUT2D eigenvalue weighted by Crippen LogP contribution is -2.02. The van der Waals surface area contributed by atoms with Crippen LogP contribution in [0.2, 0.25) is 5.02 Å². The summed E-state index contributed by atoms with van der Waals surface area (Å²) in [5.74, 6) is -1.30. The van der Waals surface area contributed by atoms with Crippen LogP contribution in [-0.2, 0) is 13.2 Å². The highest BCUT2D eigenvalue weighted by Gasteiger charge is 2.16. The number of rotatable bonds is 8. The van der Waals surface area contributed by atoms with E-state index >= 15 is 0 Å². The number of nitrogens with zero attached hydrogens (tertiary/aromatic N) is 2. The topological polar surface area (TPSA) is 74.5 Å². The van der Waals surface area contributed by atoms with Crippen molar-refractivity contribution >= 4 is 44.9 Å². The first-order chi connectivity index (χ1) is 17.9. The van der Waals surface area contributed by atoms with E-state index in [0.29, 0.717) is 32.9 Å². The molecule has 0 saturated carbocycles. The lowest BCUT2D eigenvalue weighted by Gasteiger charge is -2.15. The molecule has 0 radical (unpaired) electrons. The molecule has 0 bridgehead atoms. The van der Waals surface area contributed by atoms with Gasteiger partial charge in [-0.15, -0.1) is 0 Å². The number of carbonyl (C=O) groups is 1. The molecule has 4 aromatic carbocycles. The zero-order chi connectivity index (χ0) is 25.9. The summed E-state index contributed by atoms with van der Waals surface area (Å²) in [7, 11) is 0. The van der Waals surface area contributed by atoms with Crippen molar-refractivity contribution in [3.05, 3.63) is 105 Å². The summed E-state index contributed by atoms with van der Waals surface area (Å²) < 4.78 is 45.2. The number of aromatic nitrogens is 2. The zero-order valence-electron chi connectivity index (χ0n) is 18.9. The molecular formula is C27H16BrClF2N2O4. The molecule has 0 aliphatic carbocycles. The maximum absolute atomic E-state index is 14.4. The molecule has 0 aliphatic rings. The van der Waals surface area contributed by atoms with Gasteiger partial charge in [-0.25, -0.2) is 13.4 Å². The van der Waals surface area contributed by atoms with Crippen molar-refractivity contribution in [2.45, 2.75) is 13.2 Å². The molecule has 0 N–H and O–H groups in total. The van der Waals surface area contributed by atoms with Crippen molar-refractivity contribution in [3.8, 4) is 22.6 Å². The molecule has 186 valence electrons. The number of carbonyl (C=O) groups excluding carboxylic acids is 1. The van der Waals surface area contributed by atoms with E-state index in [2.05, 4.69) is 26.2 Å². The smallest absolute Gasteiger partial charge is 0.166 e. The number of fused-ring (bicyclic) bond motifs is 1. The van der Waals surface area contributed by atoms with Gasteiger partial charge in [-0.1, -0.05) is 48.0 Å². The van der Waals surface area contributed by atoms with Crippen LogP contribution in [-0.4, -0.2) is 16.6 Å². The fourth-order valence-electron chi connectivity index (χ4n) is 3.72. The monoisotopic (exact) mass is 584 g/mol. The highest BCUT2D eigenvalue weighted by atomic mass is 79.9. The lowest BCUT2D eigenvalue weighted by atomic mass is 10.0. The second kappa shape index (κ2) is 10.7. The quantitative estimate of drug-likeness (QED) is 0.175. The average molecular weight is 586 g/mol. The summed E-state index contributed by atoms with van der Waals surface area (Å²) >= 11 is 9.84. The van der Waals surface area contributed by atoms with Crippen molar-refractivity contribution in [1.29, 1.82) is 0 Å². The van der Waals surface area contributed by atoms with E-state index in [9.17, 15) is 13.6 Å². The number of aldehydes is 1. The minimum atomic E-state index is -0.936. The predicted octanol–water partition coefficient (Wildman–Crippen LogP) is 7.55. The second-order valence-electron chi connectivity index (χ2n) is 7.98. The van der Waals surface area contributed by atoms with Crippen LogP contribution in [0.4, 0.5) is 8.78 Å². The first kappa shape index (κ1) is 24.9. The Labute approximate surface area is 222 Å². The molecule has 0 spiro atoms. The molecule has 0 fully saturated rings. The first-order valence-corrected chi connectivity index (χ1v) is 12.1. The van der Waals surface area contributed by atoms with E-state index < -0.39 is 11.6 Å². The molecular weight excluding hydrogens is 570 g/mol. The van der Waals surface area contributed by atoms with Crippen LogP contribution in [0.5, 0.6) is 11.5 Å². The largest absolute Gasteiger partial charge is 0.488 e. The van der Waals surface area contributed by atoms with E-state index in [1.807, 2.05) is 6.07 Å². The summed E-state index contributed by atoms with van der Waals surface area (Å²) in [5, 5.41) is 7.79. The van der Waals surface area contributed by atoms with Gasteiger partial charge in [0.2, 0.25) is 0 Å². The van der Waals surface area contributed by atoms with Gasteiger partial charge < -0.3 is 9.47 Å². The molecule has 0 saturated heterocycles. The van der Waals surface area contributed by atoms with Crippen LogP contribution in [0.15, 0.2) is 75.8 Å². The number of hydrogen-bond acceptors (Lipinski definition) is 6. The van der Waals surface area contributed by atoms with Crippen molar-refractivity contribution in [3.63, 3.8) is 0 Å². The number of benzene rings is 4. The summed E-state index contributed by atoms with van der Waals surface area (Å²) in [6, 6.07) is 17.5. The summed E-state index contributed by atoms with van der Waals surface area (Å²) in [6.45, 7) is 0.207. The Kier molecular flexibility index (Phi) is 7.16. The van der Waals surface area contributed by atoms with E-state index in [1.165, 1.54) is 24.3 Å². The van der Waals surface area contributed by atoms with Gasteiger partial charge in [0.15, 0.2) is 17.9 Å². The zero-order valence-corrected chi connectivity index (χ0v) is 21.2. The summed E-state index contributed by atoms with van der Waals surface area (Å²) in [5.41, 5.74) is 3.53. The Morgan fingerprint density at radius 1 is 0.892 bits per heavy atom. The maximum atomic E-state index is 14.4. The normalized spacial score (nSPS) is 11.0. The molecule has 5 rings (SSSR count). The fourth-order valence-corrected chi connectivity index (χ4v) is 4.54. The van der Waals surface area contributed by atoms with Gasteiger partial charge in [-0.3, -0.25) is 4.79 Å². The Bertz CT molecular complexity index is 1630. The van der Waals surface area contributed by atoms with Gasteiger partial charge in [-0.2, -0.15) is 0 Å². The van der Waals surface area contributed by atoms with Crippen molar-refractivity contribution in [2.75, 3.05) is 0 Å². The van der Waals surface area contributed by atoms with E-state index in [1.54, 1.807) is 30.3 Å². The van der Waals surface area contributed by atoms with Gasteiger partial charge in [0, 0.05) is 21.7 Å². The van der Waals surface area contributed by atoms with Gasteiger partial charge in [0.05, 0.1) is 10.6 Å². The standard InChI is InChI=1S/C27H16BrClF2N2O4/c28-26-16(3-1-4-18(26)19-5-2-6-21(30)27(19)31)14-36-25-11-24(17(12-34)10-20(25)29)35-13-15-7-8-22-23(9-15)33-37-32-22/h1-12H,13-14H2. The van der Waals surface area contributed by atoms with Gasteiger partial charge in [-0.05, 0) is 61.6 Å². The number of hydrogen-bond donors (Lipinski definition) is 0. The molecule has 0 aliphatic heterocycles. The molecule has 0 atom stereocenters. The number of ether oxygens (including phenoxy) is 2. The predicted molar refractivity (Wildman–Crippen MR) is 137 cm³/mol. The molecule has 0 unspecified atom stereocenters. The average Bonchev–Trinajstić information content (AvgIpc) is 3.37. The van der Waals surface area contributed by atoms with Crippen molar-refractivity contribution in [2.24, 2.45) is 0 Å². The summed E-state index contributed by atoms with van der Waals surface area (Å²) in [4.78, 5) is 11.6. The van der Waals surface area contributed by atoms with Gasteiger partial charge in [0.25, 0.3) is 0 Å². The molecule has 5 aromatic rings. The van der Waals surface area contributed by atoms with Crippen molar-refractivity contribution < 1.29 is 27.7 Å². The molecule has 0 amide bonds. The van der Waals surface area contributed by atoms with Crippen molar-refractivity contribution in [1.82, 2.24) is 10.3 Å². The fraction of sp³-hybridized carbons (Fsp3) is 0.0741. The van der Waals surface area contributed by atoms with Crippen LogP contribution >= 0.6 is 27.5 Å². The van der Waals surface area contributed by atoms with E-state index in [0.717, 1.165) is 11.6 Å². The summed E-state index contributed by atoms with van der Waals surface area (Å²) in [6.07, 6.45) is 0.642. The van der Waals surface area contributed by atoms with E-state index in [-0.39, 0.29) is 40.9 Å². The highest BCUT2D eigenvalue weighted by Crippen LogP contribution is 2.36. The molecule has 1 aromatic heterocycles. The van der Waals surface area contributed by atoms with E-state index in [4.69, 9.17) is 25.7 Å². The Morgan fingerprint density at radius 2 is 1.65 bits per heavy atom. The third-order valence-corrected chi connectivity index (χ3v) is 6.84. The minimum Gasteiger partial charge on any atom is -0.488 e. The SMILES string of the molecule is O=Cc1cc(Cl)c(OCc2cccc(-c3cccc(F)c3F)c2Br)cc1OCc1ccc2nonc2c1. The lowest BCUT2D eigenvalue weighted by molar-refractivity contribution is 0.111. The molecule has 37 heavy (non-hydrogen) atoms. The van der Waals surface area contributed by atoms with Crippen LogP contribution in [0.1, 0.15) is 21.5 Å². The van der Waals surface area contributed by atoms with Crippen LogP contribution < -0.4 is 9.47 Å². The Morgan fingerprint density at radius 3 is 2.49 bits per heavy atom. The third-order valence-electron chi connectivity index (χ3n) is 5.61. The molecule has 10 heteroatoms. The first-order valence-electron chi connectivity index (χ1n) is 10.9. The Hall–Kier alpha value is -3.82. The highest BCUT2D eigenvalue weighted by molar-refractivity contribution is 9.10. The van der Waals surface area contributed by atoms with Crippen LogP contribution in [0.25, 0.3) is 22.2 Å². The Balaban J connectivity index is 1.36. The second-order valence-corrected chi connectivity index (χ2v) is 9.18.